The second kappa shape index (κ2) is 6.84. The highest BCUT2D eigenvalue weighted by atomic mass is 79.9. The predicted octanol–water partition coefficient (Wildman–Crippen LogP) is 4.13. The van der Waals surface area contributed by atoms with E-state index in [-0.39, 0.29) is 5.69 Å². The third-order valence-corrected chi connectivity index (χ3v) is 4.21. The van der Waals surface area contributed by atoms with Crippen LogP contribution >= 0.6 is 15.9 Å². The van der Waals surface area contributed by atoms with Crippen LogP contribution in [-0.2, 0) is 0 Å². The molecule has 5 nitrogen and oxygen atoms in total. The molecule has 1 fully saturated rings. The summed E-state index contributed by atoms with van der Waals surface area (Å²) in [4.78, 5) is 14.3. The molecule has 1 aromatic rings. The molecule has 1 aromatic heterocycles. The Labute approximate surface area is 121 Å². The molecule has 6 heteroatoms. The quantitative estimate of drug-likeness (QED) is 0.652. The van der Waals surface area contributed by atoms with E-state index in [0.29, 0.717) is 10.3 Å². The smallest absolute Gasteiger partial charge is 0.288 e. The van der Waals surface area contributed by atoms with E-state index in [9.17, 15) is 10.1 Å². The summed E-state index contributed by atoms with van der Waals surface area (Å²) in [5.74, 6) is 1.50. The number of nitrogens with zero attached hydrogens (tertiary/aromatic N) is 2. The number of pyridine rings is 1. The molecule has 0 aromatic carbocycles. The second-order valence-corrected chi connectivity index (χ2v) is 5.85. The fraction of sp³-hybridized carbons (Fsp3) is 0.615. The number of aromatic nitrogens is 1. The predicted molar refractivity (Wildman–Crippen MR) is 78.3 cm³/mol. The number of hydrogen-bond donors (Lipinski definition) is 1. The van der Waals surface area contributed by atoms with Crippen LogP contribution in [0.2, 0.25) is 0 Å². The van der Waals surface area contributed by atoms with Crippen molar-refractivity contribution in [2.24, 2.45) is 5.92 Å². The summed E-state index contributed by atoms with van der Waals surface area (Å²) < 4.78 is 0.644. The Bertz CT molecular complexity index is 448. The zero-order valence-corrected chi connectivity index (χ0v) is 12.4. The molecule has 1 heterocycles. The Morgan fingerprint density at radius 3 is 2.79 bits per heavy atom. The number of rotatable bonds is 5. The summed E-state index contributed by atoms with van der Waals surface area (Å²) in [6.07, 6.45) is 9.17. The minimum Gasteiger partial charge on any atom is -0.369 e. The SMILES string of the molecule is O=[N+]([O-])c1cnc(NCCC2CCCCC2)c(Br)c1. The number of nitro groups is 1. The van der Waals surface area contributed by atoms with Crippen LogP contribution in [0.4, 0.5) is 11.5 Å². The van der Waals surface area contributed by atoms with Crippen molar-refractivity contribution >= 4 is 27.4 Å². The molecule has 19 heavy (non-hydrogen) atoms. The highest BCUT2D eigenvalue weighted by Gasteiger charge is 2.14. The van der Waals surface area contributed by atoms with E-state index in [2.05, 4.69) is 26.2 Å². The molecule has 104 valence electrons. The van der Waals surface area contributed by atoms with Gasteiger partial charge in [-0.3, -0.25) is 10.1 Å². The lowest BCUT2D eigenvalue weighted by Gasteiger charge is -2.21. The lowest BCUT2D eigenvalue weighted by molar-refractivity contribution is -0.385. The van der Waals surface area contributed by atoms with Crippen molar-refractivity contribution in [2.45, 2.75) is 38.5 Å². The van der Waals surface area contributed by atoms with Gasteiger partial charge in [0.2, 0.25) is 0 Å². The highest BCUT2D eigenvalue weighted by Crippen LogP contribution is 2.27. The Morgan fingerprint density at radius 1 is 1.42 bits per heavy atom. The lowest BCUT2D eigenvalue weighted by Crippen LogP contribution is -2.13. The van der Waals surface area contributed by atoms with E-state index in [1.54, 1.807) is 0 Å². The maximum Gasteiger partial charge on any atom is 0.288 e. The summed E-state index contributed by atoms with van der Waals surface area (Å²) >= 11 is 3.31. The van der Waals surface area contributed by atoms with Gasteiger partial charge in [-0.1, -0.05) is 32.1 Å². The van der Waals surface area contributed by atoms with Gasteiger partial charge in [0.1, 0.15) is 12.0 Å². The van der Waals surface area contributed by atoms with E-state index in [4.69, 9.17) is 0 Å². The minimum atomic E-state index is -0.441. The third kappa shape index (κ3) is 4.16. The Morgan fingerprint density at radius 2 is 2.16 bits per heavy atom. The summed E-state index contributed by atoms with van der Waals surface area (Å²) in [6, 6.07) is 1.48. The Hall–Kier alpha value is -1.17. The van der Waals surface area contributed by atoms with Crippen LogP contribution in [0, 0.1) is 16.0 Å². The molecule has 0 saturated heterocycles. The molecule has 2 rings (SSSR count). The summed E-state index contributed by atoms with van der Waals surface area (Å²) in [5.41, 5.74) is 0.00436. The zero-order valence-electron chi connectivity index (χ0n) is 10.8. The minimum absolute atomic E-state index is 0.00436. The molecule has 0 bridgehead atoms. The first-order valence-corrected chi connectivity index (χ1v) is 7.50. The number of anilines is 1. The molecule has 1 aliphatic carbocycles. The van der Waals surface area contributed by atoms with Crippen molar-refractivity contribution in [3.05, 3.63) is 26.9 Å². The first-order valence-electron chi connectivity index (χ1n) is 6.70. The monoisotopic (exact) mass is 327 g/mol. The average Bonchev–Trinajstić information content (AvgIpc) is 2.41. The molecule has 1 N–H and O–H groups in total. The normalized spacial score (nSPS) is 16.3. The molecule has 0 spiro atoms. The van der Waals surface area contributed by atoms with Crippen molar-refractivity contribution in [3.63, 3.8) is 0 Å². The van der Waals surface area contributed by atoms with Crippen LogP contribution in [0.1, 0.15) is 38.5 Å². The summed E-state index contributed by atoms with van der Waals surface area (Å²) in [7, 11) is 0. The summed E-state index contributed by atoms with van der Waals surface area (Å²) in [5, 5.41) is 13.9. The number of halogens is 1. The molecule has 0 aliphatic heterocycles. The van der Waals surface area contributed by atoms with E-state index >= 15 is 0 Å². The van der Waals surface area contributed by atoms with Gasteiger partial charge in [-0.2, -0.15) is 0 Å². The summed E-state index contributed by atoms with van der Waals surface area (Å²) in [6.45, 7) is 0.869. The van der Waals surface area contributed by atoms with E-state index < -0.39 is 4.92 Å². The average molecular weight is 328 g/mol. The Balaban J connectivity index is 1.83. The van der Waals surface area contributed by atoms with Crippen LogP contribution in [0.15, 0.2) is 16.7 Å². The van der Waals surface area contributed by atoms with Gasteiger partial charge in [0.05, 0.1) is 9.40 Å². The molecule has 1 aliphatic rings. The molecule has 0 unspecified atom stereocenters. The van der Waals surface area contributed by atoms with E-state index in [1.807, 2.05) is 0 Å². The fourth-order valence-electron chi connectivity index (χ4n) is 2.53. The van der Waals surface area contributed by atoms with Crippen molar-refractivity contribution in [1.29, 1.82) is 0 Å². The molecule has 0 atom stereocenters. The van der Waals surface area contributed by atoms with Gasteiger partial charge >= 0.3 is 0 Å². The first kappa shape index (κ1) is 14.2. The fourth-order valence-corrected chi connectivity index (χ4v) is 3.01. The molecule has 1 saturated carbocycles. The molecular formula is C13H18BrN3O2. The van der Waals surface area contributed by atoms with Crippen molar-refractivity contribution < 1.29 is 4.92 Å². The van der Waals surface area contributed by atoms with Gasteiger partial charge in [-0.15, -0.1) is 0 Å². The maximum absolute atomic E-state index is 10.6. The van der Waals surface area contributed by atoms with Crippen LogP contribution in [-0.4, -0.2) is 16.5 Å². The topological polar surface area (TPSA) is 68.1 Å². The van der Waals surface area contributed by atoms with Crippen LogP contribution < -0.4 is 5.32 Å². The largest absolute Gasteiger partial charge is 0.369 e. The highest BCUT2D eigenvalue weighted by molar-refractivity contribution is 9.10. The van der Waals surface area contributed by atoms with Crippen LogP contribution in [0.3, 0.4) is 0 Å². The lowest BCUT2D eigenvalue weighted by atomic mass is 9.87. The maximum atomic E-state index is 10.6. The van der Waals surface area contributed by atoms with Crippen molar-refractivity contribution in [3.8, 4) is 0 Å². The van der Waals surface area contributed by atoms with Crippen molar-refractivity contribution in [1.82, 2.24) is 4.98 Å². The Kier molecular flexibility index (Phi) is 5.13. The van der Waals surface area contributed by atoms with Gasteiger partial charge in [-0.05, 0) is 28.3 Å². The standard InChI is InChI=1S/C13H18BrN3O2/c14-12-8-11(17(18)19)9-16-13(12)15-7-6-10-4-2-1-3-5-10/h8-10H,1-7H2,(H,15,16). The van der Waals surface area contributed by atoms with Gasteiger partial charge in [0, 0.05) is 12.6 Å². The van der Waals surface area contributed by atoms with Crippen LogP contribution in [0.5, 0.6) is 0 Å². The first-order chi connectivity index (χ1) is 9.16. The second-order valence-electron chi connectivity index (χ2n) is 5.00. The van der Waals surface area contributed by atoms with Crippen LogP contribution in [0.25, 0.3) is 0 Å². The van der Waals surface area contributed by atoms with Gasteiger partial charge < -0.3 is 5.32 Å². The van der Waals surface area contributed by atoms with Gasteiger partial charge in [0.25, 0.3) is 5.69 Å². The molecule has 0 amide bonds. The van der Waals surface area contributed by atoms with E-state index in [0.717, 1.165) is 18.9 Å². The van der Waals surface area contributed by atoms with Gasteiger partial charge in [-0.25, -0.2) is 4.98 Å². The zero-order chi connectivity index (χ0) is 13.7. The third-order valence-electron chi connectivity index (χ3n) is 3.61. The van der Waals surface area contributed by atoms with Gasteiger partial charge in [0.15, 0.2) is 0 Å². The molecular weight excluding hydrogens is 310 g/mol. The number of hydrogen-bond acceptors (Lipinski definition) is 4. The molecule has 0 radical (unpaired) electrons. The number of nitrogens with one attached hydrogen (secondary N) is 1. The van der Waals surface area contributed by atoms with E-state index in [1.165, 1.54) is 44.4 Å². The van der Waals surface area contributed by atoms with Crippen molar-refractivity contribution in [2.75, 3.05) is 11.9 Å².